The first-order chi connectivity index (χ1) is 13.1. The number of pyridine rings is 1. The smallest absolute Gasteiger partial charge is 0.343 e. The maximum absolute atomic E-state index is 14.1. The van der Waals surface area contributed by atoms with Gasteiger partial charge in [-0.1, -0.05) is 11.6 Å². The predicted molar refractivity (Wildman–Crippen MR) is 97.1 cm³/mol. The van der Waals surface area contributed by atoms with Crippen molar-refractivity contribution in [2.24, 2.45) is 0 Å². The molecule has 0 saturated carbocycles. The van der Waals surface area contributed by atoms with Crippen LogP contribution < -0.4 is 5.43 Å². The van der Waals surface area contributed by atoms with Gasteiger partial charge in [-0.15, -0.1) is 0 Å². The van der Waals surface area contributed by atoms with E-state index in [-0.39, 0.29) is 18.7 Å². The molecule has 0 bridgehead atoms. The van der Waals surface area contributed by atoms with Crippen molar-refractivity contribution in [3.8, 4) is 0 Å². The number of nitro groups is 1. The minimum Gasteiger partial charge on any atom is -0.464 e. The van der Waals surface area contributed by atoms with Crippen LogP contribution in [0.25, 0.3) is 10.9 Å². The summed E-state index contributed by atoms with van der Waals surface area (Å²) in [5.41, 5.74) is -2.52. The molecule has 0 spiro atoms. The normalized spacial score (nSPS) is 11.9. The van der Waals surface area contributed by atoms with E-state index in [0.29, 0.717) is 0 Å². The number of carbonyl (C=O) groups excluding carboxylic acids is 2. The van der Waals surface area contributed by atoms with E-state index in [1.54, 1.807) is 0 Å². The number of benzene rings is 1. The molecule has 0 amide bonds. The van der Waals surface area contributed by atoms with Crippen molar-refractivity contribution in [1.82, 2.24) is 4.57 Å². The SMILES string of the molecule is CCOC(=O)c1cn(C(C)COC(C)=O)c2c([N+](=O)[O-])c(Cl)c(F)cc2c1=O. The Morgan fingerprint density at radius 2 is 2.04 bits per heavy atom. The van der Waals surface area contributed by atoms with Crippen molar-refractivity contribution in [2.45, 2.75) is 26.8 Å². The number of rotatable bonds is 6. The molecule has 2 rings (SSSR count). The van der Waals surface area contributed by atoms with Crippen LogP contribution in [0.3, 0.4) is 0 Å². The van der Waals surface area contributed by atoms with Gasteiger partial charge in [-0.2, -0.15) is 0 Å². The van der Waals surface area contributed by atoms with Gasteiger partial charge in [0.2, 0.25) is 5.43 Å². The lowest BCUT2D eigenvalue weighted by Gasteiger charge is -2.20. The van der Waals surface area contributed by atoms with Gasteiger partial charge in [-0.25, -0.2) is 9.18 Å². The number of hydrogen-bond donors (Lipinski definition) is 0. The highest BCUT2D eigenvalue weighted by Crippen LogP contribution is 2.35. The summed E-state index contributed by atoms with van der Waals surface area (Å²) in [5.74, 6) is -2.75. The van der Waals surface area contributed by atoms with Crippen LogP contribution >= 0.6 is 11.6 Å². The zero-order valence-electron chi connectivity index (χ0n) is 15.2. The van der Waals surface area contributed by atoms with Crippen molar-refractivity contribution >= 4 is 40.1 Å². The summed E-state index contributed by atoms with van der Waals surface area (Å²) >= 11 is 5.77. The quantitative estimate of drug-likeness (QED) is 0.405. The molecule has 1 unspecified atom stereocenters. The van der Waals surface area contributed by atoms with E-state index >= 15 is 0 Å². The Morgan fingerprint density at radius 1 is 1.39 bits per heavy atom. The number of fused-ring (bicyclic) bond motifs is 1. The number of esters is 2. The van der Waals surface area contributed by atoms with Gasteiger partial charge in [0.25, 0.3) is 0 Å². The third kappa shape index (κ3) is 3.96. The maximum atomic E-state index is 14.1. The molecule has 1 aromatic heterocycles. The fraction of sp³-hybridized carbons (Fsp3) is 0.353. The lowest BCUT2D eigenvalue weighted by molar-refractivity contribution is -0.383. The van der Waals surface area contributed by atoms with Gasteiger partial charge in [-0.05, 0) is 19.9 Å². The summed E-state index contributed by atoms with van der Waals surface area (Å²) in [4.78, 5) is 46.5. The summed E-state index contributed by atoms with van der Waals surface area (Å²) in [6.45, 7) is 4.00. The van der Waals surface area contributed by atoms with E-state index in [2.05, 4.69) is 0 Å². The van der Waals surface area contributed by atoms with Gasteiger partial charge in [0.1, 0.15) is 23.5 Å². The number of hydrogen-bond acceptors (Lipinski definition) is 7. The summed E-state index contributed by atoms with van der Waals surface area (Å²) in [6, 6.07) is -0.0227. The Labute approximate surface area is 162 Å². The van der Waals surface area contributed by atoms with Crippen LogP contribution in [-0.4, -0.2) is 34.6 Å². The summed E-state index contributed by atoms with van der Waals surface area (Å²) in [5, 5.41) is 10.3. The van der Waals surface area contributed by atoms with Crippen molar-refractivity contribution < 1.29 is 28.4 Å². The van der Waals surface area contributed by atoms with E-state index in [4.69, 9.17) is 21.1 Å². The fourth-order valence-corrected chi connectivity index (χ4v) is 2.84. The lowest BCUT2D eigenvalue weighted by atomic mass is 10.1. The molecule has 0 N–H and O–H groups in total. The molecule has 0 saturated heterocycles. The second-order valence-electron chi connectivity index (χ2n) is 5.83. The van der Waals surface area contributed by atoms with E-state index in [9.17, 15) is 28.9 Å². The number of aromatic nitrogens is 1. The zero-order valence-corrected chi connectivity index (χ0v) is 15.9. The minimum absolute atomic E-state index is 0.0194. The number of nitrogens with zero attached hydrogens (tertiary/aromatic N) is 2. The fourth-order valence-electron chi connectivity index (χ4n) is 2.63. The molecule has 0 radical (unpaired) electrons. The molecule has 0 aliphatic heterocycles. The molecule has 9 nitrogen and oxygen atoms in total. The first-order valence-corrected chi connectivity index (χ1v) is 8.49. The highest BCUT2D eigenvalue weighted by Gasteiger charge is 2.29. The summed E-state index contributed by atoms with van der Waals surface area (Å²) < 4.78 is 25.1. The summed E-state index contributed by atoms with van der Waals surface area (Å²) in [6.07, 6.45) is 1.05. The topological polar surface area (TPSA) is 118 Å². The molecule has 150 valence electrons. The van der Waals surface area contributed by atoms with Gasteiger partial charge < -0.3 is 14.0 Å². The molecular formula is C17H16ClFN2O7. The van der Waals surface area contributed by atoms with Gasteiger partial charge in [-0.3, -0.25) is 19.7 Å². The number of ether oxygens (including phenoxy) is 2. The van der Waals surface area contributed by atoms with Crippen molar-refractivity contribution in [3.05, 3.63) is 49.0 Å². The van der Waals surface area contributed by atoms with Gasteiger partial charge >= 0.3 is 17.6 Å². The molecule has 11 heteroatoms. The number of halogens is 2. The Kier molecular flexibility index (Phi) is 6.34. The maximum Gasteiger partial charge on any atom is 0.343 e. The predicted octanol–water partition coefficient (Wildman–Crippen LogP) is 3.00. The van der Waals surface area contributed by atoms with Gasteiger partial charge in [0.15, 0.2) is 5.02 Å². The molecular weight excluding hydrogens is 399 g/mol. The molecule has 1 aromatic carbocycles. The van der Waals surface area contributed by atoms with Crippen LogP contribution in [0, 0.1) is 15.9 Å². The molecule has 2 aromatic rings. The van der Waals surface area contributed by atoms with Crippen LogP contribution in [0.5, 0.6) is 0 Å². The van der Waals surface area contributed by atoms with E-state index in [1.807, 2.05) is 0 Å². The molecule has 28 heavy (non-hydrogen) atoms. The highest BCUT2D eigenvalue weighted by atomic mass is 35.5. The molecule has 0 aliphatic carbocycles. The van der Waals surface area contributed by atoms with Crippen molar-refractivity contribution in [2.75, 3.05) is 13.2 Å². The van der Waals surface area contributed by atoms with Crippen LogP contribution in [0.1, 0.15) is 37.2 Å². The van der Waals surface area contributed by atoms with E-state index in [1.165, 1.54) is 25.3 Å². The first kappa shape index (κ1) is 21.3. The number of carbonyl (C=O) groups is 2. The zero-order chi connectivity index (χ0) is 21.2. The Balaban J connectivity index is 2.93. The molecule has 0 aliphatic rings. The van der Waals surface area contributed by atoms with Gasteiger partial charge in [0, 0.05) is 13.1 Å². The van der Waals surface area contributed by atoms with Crippen LogP contribution in [0.15, 0.2) is 17.1 Å². The lowest BCUT2D eigenvalue weighted by Crippen LogP contribution is -2.24. The van der Waals surface area contributed by atoms with Crippen LogP contribution in [-0.2, 0) is 14.3 Å². The van der Waals surface area contributed by atoms with Crippen molar-refractivity contribution in [1.29, 1.82) is 0 Å². The van der Waals surface area contributed by atoms with Gasteiger partial charge in [0.05, 0.1) is 23.0 Å². The Hall–Kier alpha value is -3.01. The largest absolute Gasteiger partial charge is 0.464 e. The molecule has 1 heterocycles. The van der Waals surface area contributed by atoms with Crippen LogP contribution in [0.4, 0.5) is 10.1 Å². The minimum atomic E-state index is -1.18. The highest BCUT2D eigenvalue weighted by molar-refractivity contribution is 6.34. The average Bonchev–Trinajstić information content (AvgIpc) is 2.61. The van der Waals surface area contributed by atoms with Crippen LogP contribution in [0.2, 0.25) is 5.02 Å². The third-order valence-corrected chi connectivity index (χ3v) is 4.22. The first-order valence-electron chi connectivity index (χ1n) is 8.11. The standard InChI is InChI=1S/C17H16ClFN2O7/c1-4-27-17(24)11-6-20(8(2)7-28-9(3)22)14-10(16(11)23)5-12(19)13(18)15(14)21(25)26/h5-6,8H,4,7H2,1-3H3. The Morgan fingerprint density at radius 3 is 2.57 bits per heavy atom. The average molecular weight is 415 g/mol. The van der Waals surface area contributed by atoms with Crippen molar-refractivity contribution in [3.63, 3.8) is 0 Å². The monoisotopic (exact) mass is 414 g/mol. The number of nitro benzene ring substituents is 1. The molecule has 1 atom stereocenters. The Bertz CT molecular complexity index is 1030. The van der Waals surface area contributed by atoms with E-state index in [0.717, 1.165) is 12.3 Å². The molecule has 0 fully saturated rings. The second kappa shape index (κ2) is 8.34. The second-order valence-corrected chi connectivity index (χ2v) is 6.20. The summed E-state index contributed by atoms with van der Waals surface area (Å²) in [7, 11) is 0. The third-order valence-electron chi connectivity index (χ3n) is 3.86. The van der Waals surface area contributed by atoms with E-state index < -0.39 is 55.8 Å².